The lowest BCUT2D eigenvalue weighted by molar-refractivity contribution is -0.160. The maximum absolute atomic E-state index is 10.9. The summed E-state index contributed by atoms with van der Waals surface area (Å²) in [7, 11) is 0. The Bertz CT molecular complexity index is 423. The van der Waals surface area contributed by atoms with Crippen molar-refractivity contribution in [3.8, 4) is 0 Å². The van der Waals surface area contributed by atoms with Gasteiger partial charge in [0.05, 0.1) is 31.2 Å². The molecule has 0 radical (unpaired) electrons. The summed E-state index contributed by atoms with van der Waals surface area (Å²) in [4.78, 5) is 21.2. The summed E-state index contributed by atoms with van der Waals surface area (Å²) in [6.07, 6.45) is 1.99. The van der Waals surface area contributed by atoms with Gasteiger partial charge >= 0.3 is 11.9 Å². The molecule has 3 unspecified atom stereocenters. The summed E-state index contributed by atoms with van der Waals surface area (Å²) in [5, 5.41) is 36.3. The van der Waals surface area contributed by atoms with E-state index in [0.29, 0.717) is 24.7 Å². The second kappa shape index (κ2) is 13.9. The number of cyclic esters (lactones) is 1. The Hall–Kier alpha value is -1.18. The molecule has 1 saturated heterocycles. The van der Waals surface area contributed by atoms with Crippen LogP contribution in [0.15, 0.2) is 0 Å². The first-order valence-electron chi connectivity index (χ1n) is 9.95. The summed E-state index contributed by atoms with van der Waals surface area (Å²) < 4.78 is 5.11. The Morgan fingerprint density at radius 2 is 1.67 bits per heavy atom. The van der Waals surface area contributed by atoms with Crippen molar-refractivity contribution >= 4 is 11.9 Å². The van der Waals surface area contributed by atoms with Crippen LogP contribution in [-0.2, 0) is 14.3 Å². The van der Waals surface area contributed by atoms with E-state index in [4.69, 9.17) is 9.84 Å². The van der Waals surface area contributed by atoms with Gasteiger partial charge in [0.1, 0.15) is 6.10 Å². The lowest BCUT2D eigenvalue weighted by atomic mass is 9.98. The molecular weight excluding hydrogens is 352 g/mol. The van der Waals surface area contributed by atoms with Gasteiger partial charge in [0.15, 0.2) is 0 Å². The molecule has 4 atom stereocenters. The van der Waals surface area contributed by atoms with Crippen molar-refractivity contribution < 1.29 is 34.8 Å². The van der Waals surface area contributed by atoms with Gasteiger partial charge in [-0.1, -0.05) is 27.7 Å². The van der Waals surface area contributed by atoms with Gasteiger partial charge < -0.3 is 25.2 Å². The molecule has 4 N–H and O–H groups in total. The van der Waals surface area contributed by atoms with Crippen molar-refractivity contribution in [2.75, 3.05) is 0 Å². The number of carbonyl (C=O) groups excluding carboxylic acids is 1. The van der Waals surface area contributed by atoms with Crippen LogP contribution in [-0.4, -0.2) is 56.8 Å². The van der Waals surface area contributed by atoms with E-state index in [-0.39, 0.29) is 31.3 Å². The first kappa shape index (κ1) is 25.8. The van der Waals surface area contributed by atoms with Gasteiger partial charge in [-0.3, -0.25) is 9.59 Å². The lowest BCUT2D eigenvalue weighted by Crippen LogP contribution is -2.32. The summed E-state index contributed by atoms with van der Waals surface area (Å²) in [5.41, 5.74) is 0. The number of aliphatic hydroxyl groups excluding tert-OH is 3. The minimum Gasteiger partial charge on any atom is -0.481 e. The molecule has 160 valence electrons. The van der Waals surface area contributed by atoms with Crippen LogP contribution in [0.5, 0.6) is 0 Å². The second-order valence-electron chi connectivity index (χ2n) is 8.29. The average molecular weight is 391 g/mol. The molecule has 0 amide bonds. The molecule has 1 rings (SSSR count). The van der Waals surface area contributed by atoms with E-state index < -0.39 is 24.3 Å². The van der Waals surface area contributed by atoms with E-state index in [1.54, 1.807) is 0 Å². The first-order chi connectivity index (χ1) is 12.5. The van der Waals surface area contributed by atoms with Crippen LogP contribution in [0.1, 0.15) is 79.1 Å². The maximum Gasteiger partial charge on any atom is 0.308 e. The van der Waals surface area contributed by atoms with Crippen molar-refractivity contribution in [1.29, 1.82) is 0 Å². The van der Waals surface area contributed by atoms with E-state index in [1.807, 2.05) is 0 Å². The van der Waals surface area contributed by atoms with Crippen LogP contribution in [0.3, 0.4) is 0 Å². The number of carboxylic acids is 1. The monoisotopic (exact) mass is 390 g/mol. The highest BCUT2D eigenvalue weighted by Crippen LogP contribution is 2.20. The zero-order chi connectivity index (χ0) is 21.0. The van der Waals surface area contributed by atoms with Crippen molar-refractivity contribution in [1.82, 2.24) is 0 Å². The van der Waals surface area contributed by atoms with Crippen LogP contribution < -0.4 is 0 Å². The Kier molecular flexibility index (Phi) is 13.3. The number of hydrogen-bond donors (Lipinski definition) is 4. The van der Waals surface area contributed by atoms with Crippen molar-refractivity contribution in [3.63, 3.8) is 0 Å². The van der Waals surface area contributed by atoms with Gasteiger partial charge in [-0.2, -0.15) is 0 Å². The quantitative estimate of drug-likeness (QED) is 0.422. The highest BCUT2D eigenvalue weighted by molar-refractivity contribution is 5.70. The van der Waals surface area contributed by atoms with Crippen LogP contribution in [0.25, 0.3) is 0 Å². The fourth-order valence-corrected chi connectivity index (χ4v) is 2.80. The van der Waals surface area contributed by atoms with Crippen LogP contribution in [0.4, 0.5) is 0 Å². The van der Waals surface area contributed by atoms with E-state index >= 15 is 0 Å². The SMILES string of the molecule is CC(C)CCC(O)CC(O)CC(=O)O.CC(C)CCC1C[C@@H](O)CC(=O)O1. The smallest absolute Gasteiger partial charge is 0.308 e. The highest BCUT2D eigenvalue weighted by atomic mass is 16.5. The molecule has 1 heterocycles. The Morgan fingerprint density at radius 3 is 2.15 bits per heavy atom. The average Bonchev–Trinajstić information content (AvgIpc) is 2.50. The predicted octanol–water partition coefficient (Wildman–Crippen LogP) is 2.50. The Labute approximate surface area is 162 Å². The summed E-state index contributed by atoms with van der Waals surface area (Å²) in [6, 6.07) is 0. The highest BCUT2D eigenvalue weighted by Gasteiger charge is 2.26. The van der Waals surface area contributed by atoms with Gasteiger partial charge in [0.2, 0.25) is 0 Å². The van der Waals surface area contributed by atoms with Crippen LogP contribution in [0.2, 0.25) is 0 Å². The molecule has 0 bridgehead atoms. The third-order valence-electron chi connectivity index (χ3n) is 4.33. The first-order valence-corrected chi connectivity index (χ1v) is 9.95. The van der Waals surface area contributed by atoms with E-state index in [0.717, 1.165) is 19.3 Å². The number of esters is 1. The number of rotatable bonds is 10. The van der Waals surface area contributed by atoms with Gasteiger partial charge in [-0.25, -0.2) is 0 Å². The van der Waals surface area contributed by atoms with Crippen molar-refractivity contribution in [2.24, 2.45) is 11.8 Å². The standard InChI is InChI=1S/C10H20O4.C10H18O3/c1-7(2)3-4-8(11)5-9(12)6-10(13)14;1-7(2)3-4-9-5-8(11)6-10(12)13-9/h7-9,11-12H,3-6H2,1-2H3,(H,13,14);7-9,11H,3-6H2,1-2H3/t;8-,9?/m.1/s1. The van der Waals surface area contributed by atoms with Crippen molar-refractivity contribution in [3.05, 3.63) is 0 Å². The number of ether oxygens (including phenoxy) is 1. The summed E-state index contributed by atoms with van der Waals surface area (Å²) in [5.74, 6) is -0.153. The van der Waals surface area contributed by atoms with Gasteiger partial charge in [-0.05, 0) is 43.9 Å². The van der Waals surface area contributed by atoms with Crippen LogP contribution in [0, 0.1) is 11.8 Å². The van der Waals surface area contributed by atoms with Gasteiger partial charge in [-0.15, -0.1) is 0 Å². The molecule has 27 heavy (non-hydrogen) atoms. The molecular formula is C20H38O7. The third-order valence-corrected chi connectivity index (χ3v) is 4.33. The molecule has 0 spiro atoms. The third kappa shape index (κ3) is 15.6. The second-order valence-corrected chi connectivity index (χ2v) is 8.29. The molecule has 1 fully saturated rings. The number of aliphatic hydroxyl groups is 3. The van der Waals surface area contributed by atoms with E-state index in [2.05, 4.69) is 27.7 Å². The topological polar surface area (TPSA) is 124 Å². The van der Waals surface area contributed by atoms with E-state index in [1.165, 1.54) is 0 Å². The number of hydrogen-bond acceptors (Lipinski definition) is 6. The number of carbonyl (C=O) groups is 2. The largest absolute Gasteiger partial charge is 0.481 e. The molecule has 0 aromatic carbocycles. The molecule has 0 aliphatic carbocycles. The van der Waals surface area contributed by atoms with E-state index in [9.17, 15) is 24.9 Å². The molecule has 1 aliphatic rings. The molecule has 0 saturated carbocycles. The fraction of sp³-hybridized carbons (Fsp3) is 0.900. The Balaban J connectivity index is 0.000000501. The molecule has 0 aromatic heterocycles. The zero-order valence-electron chi connectivity index (χ0n) is 17.1. The predicted molar refractivity (Wildman–Crippen MR) is 102 cm³/mol. The molecule has 1 aliphatic heterocycles. The molecule has 0 aromatic rings. The van der Waals surface area contributed by atoms with Gasteiger partial charge in [0, 0.05) is 6.42 Å². The maximum atomic E-state index is 10.9. The minimum atomic E-state index is -1.03. The molecule has 7 heteroatoms. The Morgan fingerprint density at radius 1 is 1.07 bits per heavy atom. The van der Waals surface area contributed by atoms with Gasteiger partial charge in [0.25, 0.3) is 0 Å². The number of carboxylic acid groups (broad SMARTS) is 1. The minimum absolute atomic E-state index is 0.0568. The summed E-state index contributed by atoms with van der Waals surface area (Å²) >= 11 is 0. The fourth-order valence-electron chi connectivity index (χ4n) is 2.80. The van der Waals surface area contributed by atoms with Crippen molar-refractivity contribution in [2.45, 2.75) is 103 Å². The zero-order valence-corrected chi connectivity index (χ0v) is 17.1. The molecule has 7 nitrogen and oxygen atoms in total. The summed E-state index contributed by atoms with van der Waals surface area (Å²) in [6.45, 7) is 8.39. The normalized spacial score (nSPS) is 22.0. The number of aliphatic carboxylic acids is 1. The lowest BCUT2D eigenvalue weighted by Gasteiger charge is -2.26. The van der Waals surface area contributed by atoms with Crippen LogP contribution >= 0.6 is 0 Å².